The van der Waals surface area contributed by atoms with E-state index in [4.69, 9.17) is 0 Å². The zero-order valence-electron chi connectivity index (χ0n) is 16.8. The van der Waals surface area contributed by atoms with Crippen LogP contribution in [-0.2, 0) is 30.4 Å². The van der Waals surface area contributed by atoms with Crippen LogP contribution < -0.4 is 10.6 Å². The minimum Gasteiger partial charge on any atom is -0.353 e. The van der Waals surface area contributed by atoms with Crippen LogP contribution in [0.2, 0.25) is 0 Å². The van der Waals surface area contributed by atoms with Crippen molar-refractivity contribution in [3.05, 3.63) is 51.5 Å². The molecule has 0 saturated heterocycles. The second-order valence-corrected chi connectivity index (χ2v) is 8.23. The lowest BCUT2D eigenvalue weighted by Crippen LogP contribution is -2.46. The Morgan fingerprint density at radius 2 is 2.03 bits per heavy atom. The van der Waals surface area contributed by atoms with E-state index >= 15 is 0 Å². The van der Waals surface area contributed by atoms with Crippen molar-refractivity contribution in [2.45, 2.75) is 38.0 Å². The largest absolute Gasteiger partial charge is 0.434 e. The molecule has 10 heteroatoms. The van der Waals surface area contributed by atoms with Gasteiger partial charge in [-0.1, -0.05) is 24.3 Å². The molecule has 6 nitrogen and oxygen atoms in total. The summed E-state index contributed by atoms with van der Waals surface area (Å²) in [4.78, 5) is 21.3. The van der Waals surface area contributed by atoms with E-state index in [-0.39, 0.29) is 25.0 Å². The third kappa shape index (κ3) is 5.94. The molecule has 0 spiro atoms. The number of halogens is 3. The Hall–Kier alpha value is -2.62. The summed E-state index contributed by atoms with van der Waals surface area (Å²) in [5, 5.41) is 7.63. The Balaban J connectivity index is 1.67. The maximum atomic E-state index is 12.8. The Morgan fingerprint density at radius 3 is 2.70 bits per heavy atom. The van der Waals surface area contributed by atoms with E-state index in [2.05, 4.69) is 32.7 Å². The maximum Gasteiger partial charge on any atom is 0.434 e. The Kier molecular flexibility index (Phi) is 6.96. The lowest BCUT2D eigenvalue weighted by Gasteiger charge is -2.27. The van der Waals surface area contributed by atoms with Crippen molar-refractivity contribution in [2.24, 2.45) is 4.99 Å². The van der Waals surface area contributed by atoms with Gasteiger partial charge in [0.1, 0.15) is 11.6 Å². The van der Waals surface area contributed by atoms with E-state index in [0.717, 1.165) is 36.0 Å². The quantitative estimate of drug-likeness (QED) is 0.555. The highest BCUT2D eigenvalue weighted by Crippen LogP contribution is 2.30. The van der Waals surface area contributed by atoms with Crippen molar-refractivity contribution < 1.29 is 18.0 Å². The molecule has 1 aromatic heterocycles. The van der Waals surface area contributed by atoms with Crippen LogP contribution in [-0.4, -0.2) is 48.4 Å². The van der Waals surface area contributed by atoms with Crippen molar-refractivity contribution in [1.82, 2.24) is 20.5 Å². The lowest BCUT2D eigenvalue weighted by atomic mass is 9.88. The molecule has 0 fully saturated rings. The fourth-order valence-electron chi connectivity index (χ4n) is 3.14. The van der Waals surface area contributed by atoms with Gasteiger partial charge in [0.15, 0.2) is 11.7 Å². The summed E-state index contributed by atoms with van der Waals surface area (Å²) in [5.74, 6) is 0.219. The number of benzene rings is 1. The van der Waals surface area contributed by atoms with Crippen LogP contribution in [0, 0.1) is 0 Å². The molecule has 2 aromatic rings. The number of nitrogens with one attached hydrogen (secondary N) is 2. The van der Waals surface area contributed by atoms with Crippen LogP contribution in [0.1, 0.15) is 28.2 Å². The van der Waals surface area contributed by atoms with E-state index in [1.54, 1.807) is 14.1 Å². The van der Waals surface area contributed by atoms with Crippen molar-refractivity contribution in [3.8, 4) is 0 Å². The molecule has 2 N–H and O–H groups in total. The van der Waals surface area contributed by atoms with E-state index < -0.39 is 11.9 Å². The number of hydrogen-bond acceptors (Lipinski definition) is 4. The first-order valence-electron chi connectivity index (χ1n) is 9.55. The van der Waals surface area contributed by atoms with Crippen molar-refractivity contribution in [1.29, 1.82) is 0 Å². The number of nitrogens with zero attached hydrogens (tertiary/aromatic N) is 3. The zero-order chi connectivity index (χ0) is 21.7. The number of aryl methyl sites for hydroxylation is 1. The molecule has 162 valence electrons. The first-order valence-corrected chi connectivity index (χ1v) is 10.4. The number of hydrogen-bond donors (Lipinski definition) is 2. The summed E-state index contributed by atoms with van der Waals surface area (Å²) in [7, 11) is 3.29. The third-order valence-corrected chi connectivity index (χ3v) is 5.66. The topological polar surface area (TPSA) is 69.6 Å². The normalized spacial score (nSPS) is 16.7. The number of guanidine groups is 1. The second-order valence-electron chi connectivity index (χ2n) is 7.28. The predicted molar refractivity (Wildman–Crippen MR) is 110 cm³/mol. The van der Waals surface area contributed by atoms with E-state index in [0.29, 0.717) is 11.0 Å². The average molecular weight is 440 g/mol. The molecule has 3 rings (SSSR count). The summed E-state index contributed by atoms with van der Waals surface area (Å²) in [6.45, 7) is 0.0311. The Bertz CT molecular complexity index is 910. The number of aromatic nitrogens is 1. The van der Waals surface area contributed by atoms with Gasteiger partial charge >= 0.3 is 6.18 Å². The van der Waals surface area contributed by atoms with Gasteiger partial charge in [0.25, 0.3) is 0 Å². The summed E-state index contributed by atoms with van der Waals surface area (Å²) in [5.41, 5.74) is 1.69. The molecule has 0 radical (unpaired) electrons. The molecule has 1 amide bonds. The van der Waals surface area contributed by atoms with E-state index in [1.807, 2.05) is 12.1 Å². The molecule has 1 heterocycles. The van der Waals surface area contributed by atoms with Gasteiger partial charge in [0, 0.05) is 25.5 Å². The van der Waals surface area contributed by atoms with Gasteiger partial charge in [0.05, 0.1) is 6.54 Å². The fourth-order valence-corrected chi connectivity index (χ4v) is 3.88. The molecular weight excluding hydrogens is 415 g/mol. The standard InChI is InChI=1S/C20H24F3N5OS/c1-28(2)18(29)11-25-19(24-10-17-27-16(12-30-17)20(21,22)23)26-15-8-7-13-5-3-4-6-14(13)9-15/h3-6,12,15H,7-11H2,1-2H3,(H2,24,25,26). The number of alkyl halides is 3. The molecule has 0 saturated carbocycles. The monoisotopic (exact) mass is 439 g/mol. The maximum absolute atomic E-state index is 12.8. The number of likely N-dealkylation sites (N-methyl/N-ethyl adjacent to an activating group) is 1. The van der Waals surface area contributed by atoms with Gasteiger partial charge in [0.2, 0.25) is 5.91 Å². The first kappa shape index (κ1) is 22.1. The number of carbonyl (C=O) groups is 1. The minimum absolute atomic E-state index is 0.0582. The molecular formula is C20H24F3N5OS. The van der Waals surface area contributed by atoms with Crippen molar-refractivity contribution >= 4 is 23.2 Å². The van der Waals surface area contributed by atoms with Crippen LogP contribution in [0.25, 0.3) is 0 Å². The van der Waals surface area contributed by atoms with Crippen LogP contribution in [0.3, 0.4) is 0 Å². The Morgan fingerprint density at radius 1 is 1.30 bits per heavy atom. The van der Waals surface area contributed by atoms with Gasteiger partial charge in [-0.3, -0.25) is 4.79 Å². The van der Waals surface area contributed by atoms with Gasteiger partial charge < -0.3 is 15.5 Å². The second kappa shape index (κ2) is 9.46. The highest BCUT2D eigenvalue weighted by atomic mass is 32.1. The number of amides is 1. The number of rotatable bonds is 5. The third-order valence-electron chi connectivity index (χ3n) is 4.81. The molecule has 30 heavy (non-hydrogen) atoms. The molecule has 1 unspecified atom stereocenters. The van der Waals surface area contributed by atoms with Gasteiger partial charge in [-0.2, -0.15) is 13.2 Å². The number of thiazole rings is 1. The number of fused-ring (bicyclic) bond motifs is 1. The molecule has 1 aliphatic carbocycles. The fraction of sp³-hybridized carbons (Fsp3) is 0.450. The van der Waals surface area contributed by atoms with Crippen molar-refractivity contribution in [3.63, 3.8) is 0 Å². The minimum atomic E-state index is -4.46. The number of carbonyl (C=O) groups excluding carboxylic acids is 1. The molecule has 0 aliphatic heterocycles. The summed E-state index contributed by atoms with van der Waals surface area (Å²) in [6.07, 6.45) is -1.82. The molecule has 1 atom stereocenters. The highest BCUT2D eigenvalue weighted by molar-refractivity contribution is 7.09. The van der Waals surface area contributed by atoms with Gasteiger partial charge in [-0.15, -0.1) is 11.3 Å². The smallest absolute Gasteiger partial charge is 0.353 e. The molecule has 1 aromatic carbocycles. The van der Waals surface area contributed by atoms with Crippen LogP contribution in [0.5, 0.6) is 0 Å². The zero-order valence-corrected chi connectivity index (χ0v) is 17.6. The average Bonchev–Trinajstić information content (AvgIpc) is 3.19. The van der Waals surface area contributed by atoms with Crippen LogP contribution in [0.4, 0.5) is 13.2 Å². The lowest BCUT2D eigenvalue weighted by molar-refractivity contribution is -0.140. The van der Waals surface area contributed by atoms with Gasteiger partial charge in [-0.05, 0) is 30.4 Å². The van der Waals surface area contributed by atoms with Crippen LogP contribution in [0.15, 0.2) is 34.6 Å². The van der Waals surface area contributed by atoms with Gasteiger partial charge in [-0.25, -0.2) is 9.98 Å². The Labute approximate surface area is 177 Å². The summed E-state index contributed by atoms with van der Waals surface area (Å²) < 4.78 is 38.3. The molecule has 0 bridgehead atoms. The SMILES string of the molecule is CN(C)C(=O)CN=C(NCc1nc(C(F)(F)F)cs1)NC1CCc2ccccc2C1. The summed E-state index contributed by atoms with van der Waals surface area (Å²) >= 11 is 0.933. The van der Waals surface area contributed by atoms with Crippen molar-refractivity contribution in [2.75, 3.05) is 20.6 Å². The van der Waals surface area contributed by atoms with Crippen LogP contribution >= 0.6 is 11.3 Å². The van der Waals surface area contributed by atoms with E-state index in [1.165, 1.54) is 16.0 Å². The molecule has 1 aliphatic rings. The van der Waals surface area contributed by atoms with E-state index in [9.17, 15) is 18.0 Å². The number of aliphatic imine (C=N–C) groups is 1. The highest BCUT2D eigenvalue weighted by Gasteiger charge is 2.33. The summed E-state index contributed by atoms with van der Waals surface area (Å²) in [6, 6.07) is 8.36. The predicted octanol–water partition coefficient (Wildman–Crippen LogP) is 2.84. The first-order chi connectivity index (χ1) is 14.2.